The van der Waals surface area contributed by atoms with Crippen LogP contribution in [-0.4, -0.2) is 31.7 Å². The van der Waals surface area contributed by atoms with Gasteiger partial charge in [0.2, 0.25) is 0 Å². The van der Waals surface area contributed by atoms with Crippen LogP contribution in [0.1, 0.15) is 35.2 Å². The van der Waals surface area contributed by atoms with Gasteiger partial charge in [-0.15, -0.1) is 11.3 Å². The second kappa shape index (κ2) is 8.86. The molecule has 3 aromatic rings. The van der Waals surface area contributed by atoms with Gasteiger partial charge in [0.1, 0.15) is 0 Å². The van der Waals surface area contributed by atoms with Crippen molar-refractivity contribution in [3.8, 4) is 0 Å². The number of hydrogen-bond donors (Lipinski definition) is 0. The minimum Gasteiger partial charge on any atom is -0.348 e. The lowest BCUT2D eigenvalue weighted by Crippen LogP contribution is -2.39. The van der Waals surface area contributed by atoms with Crippen molar-refractivity contribution in [3.05, 3.63) is 76.3 Å². The maximum Gasteiger partial charge on any atom is 0.416 e. The van der Waals surface area contributed by atoms with Crippen LogP contribution in [0.15, 0.2) is 58.8 Å². The molecule has 4 rings (SSSR count). The first-order valence-electron chi connectivity index (χ1n) is 10.3. The summed E-state index contributed by atoms with van der Waals surface area (Å²) in [5, 5.41) is 2.17. The van der Waals surface area contributed by atoms with Gasteiger partial charge in [-0.2, -0.15) is 13.2 Å². The van der Waals surface area contributed by atoms with Gasteiger partial charge in [0.05, 0.1) is 21.4 Å². The Morgan fingerprint density at radius 1 is 1.09 bits per heavy atom. The number of thiazole rings is 1. The van der Waals surface area contributed by atoms with Crippen LogP contribution in [0.3, 0.4) is 0 Å². The molecule has 0 amide bonds. The average molecular weight is 481 g/mol. The lowest BCUT2D eigenvalue weighted by atomic mass is 10.1. The summed E-state index contributed by atoms with van der Waals surface area (Å²) in [6.45, 7) is 3.05. The third-order valence-electron chi connectivity index (χ3n) is 5.65. The lowest BCUT2D eigenvalue weighted by Gasteiger charge is -2.31. The fourth-order valence-corrected chi connectivity index (χ4v) is 6.61. The van der Waals surface area contributed by atoms with E-state index in [2.05, 4.69) is 17.0 Å². The van der Waals surface area contributed by atoms with E-state index in [0.717, 1.165) is 35.4 Å². The van der Waals surface area contributed by atoms with Crippen molar-refractivity contribution in [2.24, 2.45) is 0 Å². The van der Waals surface area contributed by atoms with Crippen LogP contribution < -0.4 is 4.90 Å². The quantitative estimate of drug-likeness (QED) is 0.484. The molecule has 0 N–H and O–H groups in total. The first kappa shape index (κ1) is 22.8. The number of rotatable bonds is 5. The zero-order chi connectivity index (χ0) is 22.9. The molecule has 170 valence electrons. The summed E-state index contributed by atoms with van der Waals surface area (Å²) in [4.78, 5) is 6.51. The van der Waals surface area contributed by atoms with Crippen molar-refractivity contribution < 1.29 is 21.6 Å². The molecule has 0 atom stereocenters. The Balaban J connectivity index is 1.42. The molecule has 0 spiro atoms. The number of aromatic nitrogens is 1. The minimum absolute atomic E-state index is 0.263. The third kappa shape index (κ3) is 4.99. The maximum atomic E-state index is 13.0. The SMILES string of the molecule is Cc1cccc(Cc2csc(N3CCC(S(=O)(=O)c4cccc(C(F)(F)F)c4)CC3)n2)c1. The number of halogens is 3. The number of anilines is 1. The molecule has 1 saturated heterocycles. The summed E-state index contributed by atoms with van der Waals surface area (Å²) >= 11 is 1.53. The number of sulfone groups is 1. The number of hydrogen-bond acceptors (Lipinski definition) is 5. The van der Waals surface area contributed by atoms with Crippen molar-refractivity contribution in [2.75, 3.05) is 18.0 Å². The van der Waals surface area contributed by atoms with E-state index in [9.17, 15) is 21.6 Å². The van der Waals surface area contributed by atoms with Gasteiger partial charge in [0.25, 0.3) is 0 Å². The highest BCUT2D eigenvalue weighted by atomic mass is 32.2. The van der Waals surface area contributed by atoms with Gasteiger partial charge in [-0.25, -0.2) is 13.4 Å². The number of alkyl halides is 3. The predicted octanol–water partition coefficient (Wildman–Crippen LogP) is 5.50. The second-order valence-electron chi connectivity index (χ2n) is 8.04. The molecule has 0 saturated carbocycles. The van der Waals surface area contributed by atoms with Crippen molar-refractivity contribution in [3.63, 3.8) is 0 Å². The largest absolute Gasteiger partial charge is 0.416 e. The molecule has 1 aliphatic rings. The Labute approximate surface area is 189 Å². The highest BCUT2D eigenvalue weighted by molar-refractivity contribution is 7.92. The molecule has 1 aromatic heterocycles. The van der Waals surface area contributed by atoms with E-state index < -0.39 is 26.8 Å². The Morgan fingerprint density at radius 3 is 2.50 bits per heavy atom. The summed E-state index contributed by atoms with van der Waals surface area (Å²) in [5.74, 6) is 0. The van der Waals surface area contributed by atoms with Crippen LogP contribution in [0, 0.1) is 6.92 Å². The molecular formula is C23H23F3N2O2S2. The molecule has 32 heavy (non-hydrogen) atoms. The Morgan fingerprint density at radius 2 is 1.81 bits per heavy atom. The Hall–Kier alpha value is -2.39. The summed E-state index contributed by atoms with van der Waals surface area (Å²) in [5.41, 5.74) is 2.41. The van der Waals surface area contributed by atoms with E-state index in [1.807, 2.05) is 24.4 Å². The van der Waals surface area contributed by atoms with Gasteiger partial charge in [0, 0.05) is 24.9 Å². The van der Waals surface area contributed by atoms with Crippen molar-refractivity contribution in [1.29, 1.82) is 0 Å². The van der Waals surface area contributed by atoms with Gasteiger partial charge in [-0.1, -0.05) is 35.9 Å². The van der Waals surface area contributed by atoms with Crippen LogP contribution in [0.25, 0.3) is 0 Å². The van der Waals surface area contributed by atoms with Gasteiger partial charge in [-0.05, 0) is 43.5 Å². The fraction of sp³-hybridized carbons (Fsp3) is 0.348. The molecule has 4 nitrogen and oxygen atoms in total. The van der Waals surface area contributed by atoms with E-state index in [0.29, 0.717) is 25.9 Å². The topological polar surface area (TPSA) is 50.3 Å². The van der Waals surface area contributed by atoms with Gasteiger partial charge >= 0.3 is 6.18 Å². The van der Waals surface area contributed by atoms with E-state index in [-0.39, 0.29) is 4.90 Å². The highest BCUT2D eigenvalue weighted by Crippen LogP contribution is 2.33. The maximum absolute atomic E-state index is 13.0. The highest BCUT2D eigenvalue weighted by Gasteiger charge is 2.35. The van der Waals surface area contributed by atoms with Gasteiger partial charge < -0.3 is 4.90 Å². The predicted molar refractivity (Wildman–Crippen MR) is 120 cm³/mol. The molecule has 0 aliphatic carbocycles. The van der Waals surface area contributed by atoms with Crippen LogP contribution in [0.2, 0.25) is 0 Å². The van der Waals surface area contributed by atoms with Crippen LogP contribution in [-0.2, 0) is 22.4 Å². The van der Waals surface area contributed by atoms with Crippen LogP contribution in [0.4, 0.5) is 18.3 Å². The standard InChI is InChI=1S/C23H23F3N2O2S2/c1-16-4-2-5-17(12-16)13-19-15-31-22(27-19)28-10-8-20(9-11-28)32(29,30)21-7-3-6-18(14-21)23(24,25)26/h2-7,12,14-15,20H,8-11,13H2,1H3. The fourth-order valence-electron chi connectivity index (χ4n) is 3.95. The Bertz CT molecular complexity index is 1200. The van der Waals surface area contributed by atoms with Gasteiger partial charge in [-0.3, -0.25) is 0 Å². The molecule has 1 aliphatic heterocycles. The van der Waals surface area contributed by atoms with E-state index >= 15 is 0 Å². The Kier molecular flexibility index (Phi) is 6.31. The zero-order valence-electron chi connectivity index (χ0n) is 17.5. The molecular weight excluding hydrogens is 457 g/mol. The van der Waals surface area contributed by atoms with E-state index in [1.165, 1.54) is 28.5 Å². The number of benzene rings is 2. The van der Waals surface area contributed by atoms with Crippen LogP contribution >= 0.6 is 11.3 Å². The summed E-state index contributed by atoms with van der Waals surface area (Å²) in [7, 11) is -3.83. The number of piperidine rings is 1. The summed E-state index contributed by atoms with van der Waals surface area (Å²) < 4.78 is 64.9. The molecule has 0 unspecified atom stereocenters. The average Bonchev–Trinajstić information content (AvgIpc) is 3.22. The molecule has 2 aromatic carbocycles. The second-order valence-corrected chi connectivity index (χ2v) is 11.1. The summed E-state index contributed by atoms with van der Waals surface area (Å²) in [6, 6.07) is 12.3. The van der Waals surface area contributed by atoms with E-state index in [4.69, 9.17) is 4.98 Å². The van der Waals surface area contributed by atoms with Crippen molar-refractivity contribution >= 4 is 26.3 Å². The lowest BCUT2D eigenvalue weighted by molar-refractivity contribution is -0.137. The van der Waals surface area contributed by atoms with Crippen molar-refractivity contribution in [1.82, 2.24) is 4.98 Å². The summed E-state index contributed by atoms with van der Waals surface area (Å²) in [6.07, 6.45) is -3.13. The molecule has 9 heteroatoms. The molecule has 0 radical (unpaired) electrons. The first-order valence-corrected chi connectivity index (χ1v) is 12.7. The first-order chi connectivity index (χ1) is 15.1. The number of aryl methyl sites for hydroxylation is 1. The normalized spacial score (nSPS) is 15.8. The van der Waals surface area contributed by atoms with Crippen molar-refractivity contribution in [2.45, 2.75) is 42.5 Å². The molecule has 0 bridgehead atoms. The minimum atomic E-state index is -4.57. The van der Waals surface area contributed by atoms with Crippen LogP contribution in [0.5, 0.6) is 0 Å². The molecule has 2 heterocycles. The number of nitrogens with zero attached hydrogens (tertiary/aromatic N) is 2. The monoisotopic (exact) mass is 480 g/mol. The zero-order valence-corrected chi connectivity index (χ0v) is 19.1. The molecule has 1 fully saturated rings. The third-order valence-corrected chi connectivity index (χ3v) is 8.86. The smallest absolute Gasteiger partial charge is 0.348 e. The van der Waals surface area contributed by atoms with E-state index in [1.54, 1.807) is 0 Å². The van der Waals surface area contributed by atoms with Gasteiger partial charge in [0.15, 0.2) is 15.0 Å².